The van der Waals surface area contributed by atoms with Gasteiger partial charge in [-0.15, -0.1) is 0 Å². The van der Waals surface area contributed by atoms with Crippen LogP contribution in [-0.2, 0) is 6.42 Å². The second-order valence-corrected chi connectivity index (χ2v) is 3.80. The van der Waals surface area contributed by atoms with E-state index in [4.69, 9.17) is 0 Å². The van der Waals surface area contributed by atoms with E-state index < -0.39 is 0 Å². The summed E-state index contributed by atoms with van der Waals surface area (Å²) in [5.41, 5.74) is 1.25. The summed E-state index contributed by atoms with van der Waals surface area (Å²) in [6.45, 7) is 2.03. The highest BCUT2D eigenvalue weighted by molar-refractivity contribution is 6.03. The first-order valence-corrected chi connectivity index (χ1v) is 5.64. The molecule has 5 nitrogen and oxygen atoms in total. The molecule has 0 saturated carbocycles. The molecule has 0 aliphatic rings. The molecule has 0 bridgehead atoms. The van der Waals surface area contributed by atoms with Crippen molar-refractivity contribution in [3.63, 3.8) is 0 Å². The lowest BCUT2D eigenvalue weighted by Crippen LogP contribution is -2.15. The molecule has 0 unspecified atom stereocenters. The Labute approximate surface area is 104 Å². The van der Waals surface area contributed by atoms with E-state index in [9.17, 15) is 9.59 Å². The van der Waals surface area contributed by atoms with Crippen LogP contribution in [0.4, 0.5) is 5.82 Å². The summed E-state index contributed by atoms with van der Waals surface area (Å²) in [6, 6.07) is 6.50. The lowest BCUT2D eigenvalue weighted by atomic mass is 10.2. The molecule has 0 fully saturated rings. The normalized spacial score (nSPS) is 10.1. The maximum atomic E-state index is 11.9. The predicted octanol–water partition coefficient (Wildman–Crippen LogP) is 1.58. The van der Waals surface area contributed by atoms with Crippen molar-refractivity contribution in [2.24, 2.45) is 0 Å². The summed E-state index contributed by atoms with van der Waals surface area (Å²) in [5.74, 6) is 0.206. The quantitative estimate of drug-likeness (QED) is 0.859. The first kappa shape index (κ1) is 12.0. The SMILES string of the molecule is CCc1ccnc(NC(=O)c2ccc(=O)[nH]c2)c1. The van der Waals surface area contributed by atoms with Crippen molar-refractivity contribution in [3.05, 3.63) is 58.1 Å². The fourth-order valence-electron chi connectivity index (χ4n) is 1.50. The van der Waals surface area contributed by atoms with Gasteiger partial charge in [0.15, 0.2) is 0 Å². The number of hydrogen-bond donors (Lipinski definition) is 2. The van der Waals surface area contributed by atoms with Gasteiger partial charge in [0.2, 0.25) is 5.56 Å². The Bertz CT molecular complexity index is 599. The standard InChI is InChI=1S/C13H13N3O2/c1-2-9-5-6-14-11(7-9)16-13(18)10-3-4-12(17)15-8-10/h3-8H,2H2,1H3,(H,15,17)(H,14,16,18). The van der Waals surface area contributed by atoms with Crippen molar-refractivity contribution < 1.29 is 4.79 Å². The monoisotopic (exact) mass is 243 g/mol. The largest absolute Gasteiger partial charge is 0.328 e. The van der Waals surface area contributed by atoms with Gasteiger partial charge in [0, 0.05) is 18.5 Å². The van der Waals surface area contributed by atoms with Gasteiger partial charge in [0.1, 0.15) is 5.82 Å². The summed E-state index contributed by atoms with van der Waals surface area (Å²) in [6.07, 6.45) is 3.91. The molecule has 0 atom stereocenters. The van der Waals surface area contributed by atoms with Crippen LogP contribution >= 0.6 is 0 Å². The minimum absolute atomic E-state index is 0.238. The van der Waals surface area contributed by atoms with Gasteiger partial charge in [-0.2, -0.15) is 0 Å². The number of aromatic nitrogens is 2. The van der Waals surface area contributed by atoms with E-state index in [0.717, 1.165) is 12.0 Å². The first-order chi connectivity index (χ1) is 8.69. The summed E-state index contributed by atoms with van der Waals surface area (Å²) < 4.78 is 0. The third-order valence-electron chi connectivity index (χ3n) is 2.52. The molecule has 2 heterocycles. The van der Waals surface area contributed by atoms with Crippen molar-refractivity contribution in [3.8, 4) is 0 Å². The van der Waals surface area contributed by atoms with Gasteiger partial charge in [0.05, 0.1) is 5.56 Å². The number of hydrogen-bond acceptors (Lipinski definition) is 3. The van der Waals surface area contributed by atoms with Crippen LogP contribution in [0.2, 0.25) is 0 Å². The van der Waals surface area contributed by atoms with Crippen LogP contribution in [0.5, 0.6) is 0 Å². The zero-order valence-corrected chi connectivity index (χ0v) is 9.93. The highest BCUT2D eigenvalue weighted by atomic mass is 16.2. The Balaban J connectivity index is 2.15. The Morgan fingerprint density at radius 3 is 2.89 bits per heavy atom. The average molecular weight is 243 g/mol. The first-order valence-electron chi connectivity index (χ1n) is 5.64. The molecule has 2 N–H and O–H groups in total. The highest BCUT2D eigenvalue weighted by Gasteiger charge is 2.06. The minimum atomic E-state index is -0.299. The van der Waals surface area contributed by atoms with Crippen LogP contribution in [0.25, 0.3) is 0 Å². The number of aromatic amines is 1. The molecule has 2 aromatic rings. The van der Waals surface area contributed by atoms with E-state index in [-0.39, 0.29) is 11.5 Å². The molecular formula is C13H13N3O2. The summed E-state index contributed by atoms with van der Waals surface area (Å²) in [7, 11) is 0. The molecule has 1 amide bonds. The smallest absolute Gasteiger partial charge is 0.258 e. The maximum Gasteiger partial charge on any atom is 0.258 e. The minimum Gasteiger partial charge on any atom is -0.328 e. The lowest BCUT2D eigenvalue weighted by Gasteiger charge is -2.05. The molecule has 5 heteroatoms. The van der Waals surface area contributed by atoms with Crippen molar-refractivity contribution in [1.82, 2.24) is 9.97 Å². The fraction of sp³-hybridized carbons (Fsp3) is 0.154. The van der Waals surface area contributed by atoms with Gasteiger partial charge in [-0.25, -0.2) is 4.98 Å². The van der Waals surface area contributed by atoms with Crippen LogP contribution in [-0.4, -0.2) is 15.9 Å². The number of carbonyl (C=O) groups is 1. The predicted molar refractivity (Wildman–Crippen MR) is 68.6 cm³/mol. The van der Waals surface area contributed by atoms with Crippen molar-refractivity contribution in [2.75, 3.05) is 5.32 Å². The lowest BCUT2D eigenvalue weighted by molar-refractivity contribution is 0.102. The number of nitrogens with zero attached hydrogens (tertiary/aromatic N) is 1. The molecule has 0 aliphatic carbocycles. The van der Waals surface area contributed by atoms with E-state index in [1.165, 1.54) is 18.3 Å². The second-order valence-electron chi connectivity index (χ2n) is 3.80. The van der Waals surface area contributed by atoms with E-state index >= 15 is 0 Å². The number of aryl methyl sites for hydroxylation is 1. The number of nitrogens with one attached hydrogen (secondary N) is 2. The number of anilines is 1. The average Bonchev–Trinajstić information content (AvgIpc) is 2.39. The van der Waals surface area contributed by atoms with Crippen molar-refractivity contribution in [1.29, 1.82) is 0 Å². The molecule has 0 aromatic carbocycles. The Morgan fingerprint density at radius 1 is 1.39 bits per heavy atom. The third kappa shape index (κ3) is 2.82. The van der Waals surface area contributed by atoms with Crippen LogP contribution in [0.3, 0.4) is 0 Å². The maximum absolute atomic E-state index is 11.9. The molecule has 2 aromatic heterocycles. The van der Waals surface area contributed by atoms with Crippen LogP contribution in [0.1, 0.15) is 22.8 Å². The van der Waals surface area contributed by atoms with E-state index in [1.807, 2.05) is 19.1 Å². The van der Waals surface area contributed by atoms with Gasteiger partial charge in [-0.05, 0) is 30.2 Å². The molecule has 18 heavy (non-hydrogen) atoms. The topological polar surface area (TPSA) is 74.8 Å². The number of amides is 1. The molecular weight excluding hydrogens is 230 g/mol. The molecule has 2 rings (SSSR count). The molecule has 0 radical (unpaired) electrons. The van der Waals surface area contributed by atoms with E-state index in [0.29, 0.717) is 11.4 Å². The number of rotatable bonds is 3. The number of pyridine rings is 2. The van der Waals surface area contributed by atoms with E-state index in [1.54, 1.807) is 6.20 Å². The highest BCUT2D eigenvalue weighted by Crippen LogP contribution is 2.08. The summed E-state index contributed by atoms with van der Waals surface area (Å²) >= 11 is 0. The Morgan fingerprint density at radius 2 is 2.22 bits per heavy atom. The number of carbonyl (C=O) groups excluding carboxylic acids is 1. The van der Waals surface area contributed by atoms with Crippen LogP contribution in [0.15, 0.2) is 41.5 Å². The number of H-pyrrole nitrogens is 1. The Hall–Kier alpha value is -2.43. The fourth-order valence-corrected chi connectivity index (χ4v) is 1.50. The van der Waals surface area contributed by atoms with Gasteiger partial charge in [-0.3, -0.25) is 9.59 Å². The van der Waals surface area contributed by atoms with E-state index in [2.05, 4.69) is 15.3 Å². The molecule has 0 saturated heterocycles. The zero-order valence-electron chi connectivity index (χ0n) is 9.93. The van der Waals surface area contributed by atoms with Crippen LogP contribution in [0, 0.1) is 0 Å². The zero-order chi connectivity index (χ0) is 13.0. The van der Waals surface area contributed by atoms with Gasteiger partial charge in [0.25, 0.3) is 5.91 Å². The van der Waals surface area contributed by atoms with Crippen LogP contribution < -0.4 is 10.9 Å². The summed E-state index contributed by atoms with van der Waals surface area (Å²) in [4.78, 5) is 29.3. The Kier molecular flexibility index (Phi) is 3.52. The van der Waals surface area contributed by atoms with Gasteiger partial charge < -0.3 is 10.3 Å². The molecule has 92 valence electrons. The van der Waals surface area contributed by atoms with Crippen molar-refractivity contribution in [2.45, 2.75) is 13.3 Å². The van der Waals surface area contributed by atoms with Gasteiger partial charge in [-0.1, -0.05) is 6.92 Å². The summed E-state index contributed by atoms with van der Waals surface area (Å²) in [5, 5.41) is 2.68. The second kappa shape index (κ2) is 5.27. The third-order valence-corrected chi connectivity index (χ3v) is 2.52. The van der Waals surface area contributed by atoms with Crippen molar-refractivity contribution >= 4 is 11.7 Å². The van der Waals surface area contributed by atoms with Gasteiger partial charge >= 0.3 is 0 Å². The molecule has 0 spiro atoms. The molecule has 0 aliphatic heterocycles.